The highest BCUT2D eigenvalue weighted by molar-refractivity contribution is 5.94. The predicted molar refractivity (Wildman–Crippen MR) is 128 cm³/mol. The van der Waals surface area contributed by atoms with Crippen molar-refractivity contribution in [3.63, 3.8) is 0 Å². The fourth-order valence-corrected chi connectivity index (χ4v) is 3.86. The lowest BCUT2D eigenvalue weighted by Gasteiger charge is -2.20. The van der Waals surface area contributed by atoms with E-state index in [2.05, 4.69) is 5.32 Å². The first-order valence-electron chi connectivity index (χ1n) is 10.8. The summed E-state index contributed by atoms with van der Waals surface area (Å²) in [6.07, 6.45) is 0. The molecule has 162 valence electrons. The van der Waals surface area contributed by atoms with Gasteiger partial charge in [-0.15, -0.1) is 0 Å². The van der Waals surface area contributed by atoms with Crippen molar-refractivity contribution in [1.29, 1.82) is 0 Å². The maximum atomic E-state index is 13.6. The van der Waals surface area contributed by atoms with Gasteiger partial charge in [0.2, 0.25) is 0 Å². The van der Waals surface area contributed by atoms with Crippen molar-refractivity contribution in [2.45, 2.75) is 13.0 Å². The number of benzene rings is 3. The van der Waals surface area contributed by atoms with Gasteiger partial charge >= 0.3 is 0 Å². The van der Waals surface area contributed by atoms with E-state index in [9.17, 15) is 4.79 Å². The fraction of sp³-hybridized carbons (Fsp3) is 0.0714. The maximum Gasteiger partial charge on any atom is 0.270 e. The molecule has 0 unspecified atom stereocenters. The van der Waals surface area contributed by atoms with E-state index in [0.29, 0.717) is 17.1 Å². The van der Waals surface area contributed by atoms with Crippen LogP contribution in [0.1, 0.15) is 33.4 Å². The third-order valence-corrected chi connectivity index (χ3v) is 5.48. The van der Waals surface area contributed by atoms with Crippen LogP contribution < -0.4 is 5.32 Å². The van der Waals surface area contributed by atoms with Crippen LogP contribution in [0.5, 0.6) is 0 Å². The Morgan fingerprint density at radius 1 is 0.818 bits per heavy atom. The lowest BCUT2D eigenvalue weighted by atomic mass is 9.98. The average molecular weight is 434 g/mol. The standard InChI is InChI=1S/C28H23N3O2/c1-20-17-18-26(33-20)24-19-25(31(30-24)23-15-9-4-10-16-23)28(32)29-27(21-11-5-2-6-12-21)22-13-7-3-8-14-22/h2-19,27H,1H3,(H,29,32). The van der Waals surface area contributed by atoms with E-state index in [1.54, 1.807) is 10.7 Å². The number of nitrogens with one attached hydrogen (secondary N) is 1. The number of aromatic nitrogens is 2. The zero-order valence-corrected chi connectivity index (χ0v) is 18.2. The van der Waals surface area contributed by atoms with Crippen LogP contribution in [0.4, 0.5) is 0 Å². The van der Waals surface area contributed by atoms with E-state index in [1.165, 1.54) is 0 Å². The smallest absolute Gasteiger partial charge is 0.270 e. The quantitative estimate of drug-likeness (QED) is 0.359. The lowest BCUT2D eigenvalue weighted by molar-refractivity contribution is 0.0935. The van der Waals surface area contributed by atoms with Gasteiger partial charge in [-0.3, -0.25) is 4.79 Å². The van der Waals surface area contributed by atoms with E-state index in [1.807, 2.05) is 110 Å². The van der Waals surface area contributed by atoms with Crippen molar-refractivity contribution in [2.75, 3.05) is 0 Å². The molecule has 3 aromatic carbocycles. The van der Waals surface area contributed by atoms with Gasteiger partial charge in [0.05, 0.1) is 11.7 Å². The van der Waals surface area contributed by atoms with Crippen LogP contribution in [0.15, 0.2) is 114 Å². The SMILES string of the molecule is Cc1ccc(-c2cc(C(=O)NC(c3ccccc3)c3ccccc3)n(-c3ccccc3)n2)o1. The number of amides is 1. The monoisotopic (exact) mass is 433 g/mol. The summed E-state index contributed by atoms with van der Waals surface area (Å²) in [6.45, 7) is 1.88. The highest BCUT2D eigenvalue weighted by Gasteiger charge is 2.23. The first-order chi connectivity index (χ1) is 16.2. The molecule has 0 fully saturated rings. The summed E-state index contributed by atoms with van der Waals surface area (Å²) >= 11 is 0. The third kappa shape index (κ3) is 4.34. The highest BCUT2D eigenvalue weighted by atomic mass is 16.3. The molecule has 33 heavy (non-hydrogen) atoms. The number of hydrogen-bond donors (Lipinski definition) is 1. The topological polar surface area (TPSA) is 60.1 Å². The molecule has 2 aromatic heterocycles. The molecule has 2 heterocycles. The summed E-state index contributed by atoms with van der Waals surface area (Å²) in [6, 6.07) is 34.8. The van der Waals surface area contributed by atoms with Crippen LogP contribution in [-0.4, -0.2) is 15.7 Å². The molecule has 1 amide bonds. The number of carbonyl (C=O) groups excluding carboxylic acids is 1. The number of para-hydroxylation sites is 1. The van der Waals surface area contributed by atoms with Crippen LogP contribution in [0.2, 0.25) is 0 Å². The molecule has 5 rings (SSSR count). The van der Waals surface area contributed by atoms with Gasteiger partial charge in [-0.1, -0.05) is 78.9 Å². The minimum absolute atomic E-state index is 0.224. The molecule has 0 saturated heterocycles. The molecule has 1 N–H and O–H groups in total. The summed E-state index contributed by atoms with van der Waals surface area (Å²) < 4.78 is 7.43. The van der Waals surface area contributed by atoms with Crippen molar-refractivity contribution in [2.24, 2.45) is 0 Å². The second kappa shape index (κ2) is 9.01. The van der Waals surface area contributed by atoms with Gasteiger partial charge in [0.25, 0.3) is 5.91 Å². The second-order valence-electron chi connectivity index (χ2n) is 7.80. The van der Waals surface area contributed by atoms with Crippen LogP contribution in [0, 0.1) is 6.92 Å². The second-order valence-corrected chi connectivity index (χ2v) is 7.80. The van der Waals surface area contributed by atoms with Crippen molar-refractivity contribution in [1.82, 2.24) is 15.1 Å². The van der Waals surface area contributed by atoms with Crippen LogP contribution in [0.25, 0.3) is 17.1 Å². The average Bonchev–Trinajstić information content (AvgIpc) is 3.51. The number of aryl methyl sites for hydroxylation is 1. The first kappa shape index (κ1) is 20.5. The molecule has 5 heteroatoms. The number of nitrogens with zero attached hydrogens (tertiary/aromatic N) is 2. The normalized spacial score (nSPS) is 11.0. The Kier molecular flexibility index (Phi) is 5.60. The van der Waals surface area contributed by atoms with Gasteiger partial charge in [0.1, 0.15) is 17.1 Å². The highest BCUT2D eigenvalue weighted by Crippen LogP contribution is 2.26. The molecule has 0 aliphatic carbocycles. The van der Waals surface area contributed by atoms with E-state index in [4.69, 9.17) is 9.52 Å². The predicted octanol–water partition coefficient (Wildman–Crippen LogP) is 5.96. The Hall–Kier alpha value is -4.38. The van der Waals surface area contributed by atoms with Gasteiger partial charge in [-0.2, -0.15) is 5.10 Å². The molecule has 0 atom stereocenters. The summed E-state index contributed by atoms with van der Waals surface area (Å²) in [5.41, 5.74) is 3.85. The van der Waals surface area contributed by atoms with Crippen LogP contribution in [-0.2, 0) is 0 Å². The van der Waals surface area contributed by atoms with Crippen LogP contribution >= 0.6 is 0 Å². The molecular weight excluding hydrogens is 410 g/mol. The maximum absolute atomic E-state index is 13.6. The molecule has 0 spiro atoms. The van der Waals surface area contributed by atoms with Crippen molar-refractivity contribution in [3.05, 3.63) is 132 Å². The Morgan fingerprint density at radius 3 is 1.94 bits per heavy atom. The van der Waals surface area contributed by atoms with Gasteiger partial charge in [-0.05, 0) is 42.3 Å². The number of rotatable bonds is 6. The Bertz CT molecular complexity index is 1320. The van der Waals surface area contributed by atoms with Crippen molar-refractivity contribution >= 4 is 5.91 Å². The minimum Gasteiger partial charge on any atom is -0.460 e. The number of carbonyl (C=O) groups is 1. The van der Waals surface area contributed by atoms with Gasteiger partial charge < -0.3 is 9.73 Å². The van der Waals surface area contributed by atoms with Gasteiger partial charge in [0.15, 0.2) is 5.76 Å². The molecular formula is C28H23N3O2. The molecule has 0 aliphatic heterocycles. The molecule has 0 aliphatic rings. The third-order valence-electron chi connectivity index (χ3n) is 5.48. The summed E-state index contributed by atoms with van der Waals surface area (Å²) in [4.78, 5) is 13.6. The number of hydrogen-bond acceptors (Lipinski definition) is 3. The largest absolute Gasteiger partial charge is 0.460 e. The van der Waals surface area contributed by atoms with E-state index in [-0.39, 0.29) is 11.9 Å². The van der Waals surface area contributed by atoms with Crippen molar-refractivity contribution in [3.8, 4) is 17.1 Å². The molecule has 0 radical (unpaired) electrons. The first-order valence-corrected chi connectivity index (χ1v) is 10.8. The Morgan fingerprint density at radius 2 is 1.39 bits per heavy atom. The fourth-order valence-electron chi connectivity index (χ4n) is 3.86. The van der Waals surface area contributed by atoms with Gasteiger partial charge in [-0.25, -0.2) is 4.68 Å². The Balaban J connectivity index is 1.56. The molecule has 0 bridgehead atoms. The zero-order chi connectivity index (χ0) is 22.6. The zero-order valence-electron chi connectivity index (χ0n) is 18.2. The van der Waals surface area contributed by atoms with Crippen LogP contribution in [0.3, 0.4) is 0 Å². The van der Waals surface area contributed by atoms with E-state index < -0.39 is 0 Å². The van der Waals surface area contributed by atoms with E-state index >= 15 is 0 Å². The minimum atomic E-state index is -0.298. The lowest BCUT2D eigenvalue weighted by Crippen LogP contribution is -2.31. The molecule has 5 aromatic rings. The van der Waals surface area contributed by atoms with E-state index in [0.717, 1.165) is 22.6 Å². The summed E-state index contributed by atoms with van der Waals surface area (Å²) in [5, 5.41) is 7.92. The Labute approximate surface area is 192 Å². The van der Waals surface area contributed by atoms with Crippen molar-refractivity contribution < 1.29 is 9.21 Å². The van der Waals surface area contributed by atoms with Gasteiger partial charge in [0, 0.05) is 6.07 Å². The summed E-state index contributed by atoms with van der Waals surface area (Å²) in [7, 11) is 0. The molecule has 5 nitrogen and oxygen atoms in total. The number of furan rings is 1. The molecule has 0 saturated carbocycles. The summed E-state index contributed by atoms with van der Waals surface area (Å²) in [5.74, 6) is 1.19.